The zero-order valence-electron chi connectivity index (χ0n) is 12.3. The molecule has 0 saturated carbocycles. The quantitative estimate of drug-likeness (QED) is 0.618. The van der Waals surface area contributed by atoms with E-state index in [9.17, 15) is 9.59 Å². The van der Waals surface area contributed by atoms with Gasteiger partial charge in [0.25, 0.3) is 0 Å². The second kappa shape index (κ2) is 8.75. The first-order valence-corrected chi connectivity index (χ1v) is 8.23. The number of amides is 3. The van der Waals surface area contributed by atoms with Crippen LogP contribution in [0, 0.1) is 0 Å². The first-order chi connectivity index (χ1) is 10.6. The third-order valence-electron chi connectivity index (χ3n) is 3.45. The normalized spacial score (nSPS) is 17.0. The van der Waals surface area contributed by atoms with Gasteiger partial charge in [-0.1, -0.05) is 15.9 Å². The number of anilines is 1. The number of urea groups is 1. The summed E-state index contributed by atoms with van der Waals surface area (Å²) in [5.41, 5.74) is 0.706. The molecule has 120 valence electrons. The molecule has 3 amide bonds. The summed E-state index contributed by atoms with van der Waals surface area (Å²) in [6.07, 6.45) is 2.55. The van der Waals surface area contributed by atoms with E-state index in [1.54, 1.807) is 12.1 Å². The minimum absolute atomic E-state index is 0.0439. The van der Waals surface area contributed by atoms with E-state index < -0.39 is 0 Å². The summed E-state index contributed by atoms with van der Waals surface area (Å²) in [5.74, 6) is -0.0439. The molecule has 1 heterocycles. The highest BCUT2D eigenvalue weighted by molar-refractivity contribution is 9.10. The van der Waals surface area contributed by atoms with Crippen LogP contribution in [0.25, 0.3) is 0 Å². The predicted molar refractivity (Wildman–Crippen MR) is 89.8 cm³/mol. The molecule has 0 aromatic heterocycles. The zero-order valence-corrected chi connectivity index (χ0v) is 13.9. The van der Waals surface area contributed by atoms with Gasteiger partial charge in [-0.05, 0) is 43.7 Å². The summed E-state index contributed by atoms with van der Waals surface area (Å²) in [6.45, 7) is 1.99. The van der Waals surface area contributed by atoms with Crippen LogP contribution in [-0.4, -0.2) is 37.6 Å². The number of hydrogen-bond acceptors (Lipinski definition) is 3. The third-order valence-corrected chi connectivity index (χ3v) is 3.98. The van der Waals surface area contributed by atoms with Gasteiger partial charge in [0.1, 0.15) is 0 Å². The van der Waals surface area contributed by atoms with E-state index in [1.807, 2.05) is 12.1 Å². The van der Waals surface area contributed by atoms with Gasteiger partial charge in [-0.2, -0.15) is 0 Å². The van der Waals surface area contributed by atoms with E-state index in [0.717, 1.165) is 17.4 Å². The van der Waals surface area contributed by atoms with Crippen LogP contribution in [0.2, 0.25) is 0 Å². The van der Waals surface area contributed by atoms with Crippen molar-refractivity contribution >= 4 is 33.6 Å². The SMILES string of the molecule is O=C(CCNC(=O)Nc1ccc(Br)cc1)NCC1CCCN1. The Kier molecular flexibility index (Phi) is 6.67. The van der Waals surface area contributed by atoms with E-state index in [0.29, 0.717) is 24.8 Å². The Bertz CT molecular complexity index is 501. The Morgan fingerprint density at radius 3 is 2.68 bits per heavy atom. The van der Waals surface area contributed by atoms with Gasteiger partial charge in [-0.15, -0.1) is 0 Å². The van der Waals surface area contributed by atoms with Crippen LogP contribution >= 0.6 is 15.9 Å². The Morgan fingerprint density at radius 1 is 1.23 bits per heavy atom. The molecule has 1 saturated heterocycles. The Labute approximate surface area is 138 Å². The fourth-order valence-electron chi connectivity index (χ4n) is 2.25. The number of nitrogens with one attached hydrogen (secondary N) is 4. The van der Waals surface area contributed by atoms with Gasteiger partial charge in [0.15, 0.2) is 0 Å². The molecule has 1 fully saturated rings. The van der Waals surface area contributed by atoms with Crippen molar-refractivity contribution in [1.82, 2.24) is 16.0 Å². The molecule has 6 nitrogen and oxygen atoms in total. The largest absolute Gasteiger partial charge is 0.354 e. The highest BCUT2D eigenvalue weighted by Gasteiger charge is 2.14. The highest BCUT2D eigenvalue weighted by atomic mass is 79.9. The molecular formula is C15H21BrN4O2. The summed E-state index contributed by atoms with van der Waals surface area (Å²) in [5, 5.41) is 11.6. The molecule has 1 aliphatic heterocycles. The number of carbonyl (C=O) groups excluding carboxylic acids is 2. The lowest BCUT2D eigenvalue weighted by atomic mass is 10.2. The van der Waals surface area contributed by atoms with Gasteiger partial charge in [0.05, 0.1) is 0 Å². The lowest BCUT2D eigenvalue weighted by Gasteiger charge is -2.12. The molecule has 0 spiro atoms. The molecular weight excluding hydrogens is 348 g/mol. The van der Waals surface area contributed by atoms with Crippen LogP contribution < -0.4 is 21.3 Å². The molecule has 0 aliphatic carbocycles. The molecule has 7 heteroatoms. The van der Waals surface area contributed by atoms with Crippen molar-refractivity contribution < 1.29 is 9.59 Å². The van der Waals surface area contributed by atoms with Crippen molar-refractivity contribution in [2.75, 3.05) is 25.0 Å². The number of benzene rings is 1. The maximum atomic E-state index is 11.7. The van der Waals surface area contributed by atoms with Gasteiger partial charge >= 0.3 is 6.03 Å². The maximum absolute atomic E-state index is 11.7. The summed E-state index contributed by atoms with van der Waals surface area (Å²) >= 11 is 3.33. The summed E-state index contributed by atoms with van der Waals surface area (Å²) in [6, 6.07) is 7.36. The van der Waals surface area contributed by atoms with Gasteiger partial charge in [0, 0.05) is 35.7 Å². The van der Waals surface area contributed by atoms with Crippen LogP contribution in [0.15, 0.2) is 28.7 Å². The number of hydrogen-bond donors (Lipinski definition) is 4. The van der Waals surface area contributed by atoms with Crippen LogP contribution in [0.1, 0.15) is 19.3 Å². The third kappa shape index (κ3) is 6.03. The molecule has 22 heavy (non-hydrogen) atoms. The van der Waals surface area contributed by atoms with E-state index >= 15 is 0 Å². The van der Waals surface area contributed by atoms with Crippen molar-refractivity contribution in [2.24, 2.45) is 0 Å². The average molecular weight is 369 g/mol. The molecule has 0 bridgehead atoms. The molecule has 1 aliphatic rings. The second-order valence-electron chi connectivity index (χ2n) is 5.24. The van der Waals surface area contributed by atoms with Crippen molar-refractivity contribution in [3.63, 3.8) is 0 Å². The summed E-state index contributed by atoms with van der Waals surface area (Å²) in [4.78, 5) is 23.3. The Balaban J connectivity index is 1.57. The van der Waals surface area contributed by atoms with E-state index in [4.69, 9.17) is 0 Å². The first-order valence-electron chi connectivity index (χ1n) is 7.44. The van der Waals surface area contributed by atoms with Crippen LogP contribution in [0.3, 0.4) is 0 Å². The fraction of sp³-hybridized carbons (Fsp3) is 0.467. The lowest BCUT2D eigenvalue weighted by Crippen LogP contribution is -2.39. The van der Waals surface area contributed by atoms with Gasteiger partial charge in [-0.3, -0.25) is 4.79 Å². The van der Waals surface area contributed by atoms with Crippen molar-refractivity contribution in [1.29, 1.82) is 0 Å². The highest BCUT2D eigenvalue weighted by Crippen LogP contribution is 2.13. The standard InChI is InChI=1S/C15H21BrN4O2/c16-11-3-5-12(6-4-11)20-15(22)18-9-7-14(21)19-10-13-2-1-8-17-13/h3-6,13,17H,1-2,7-10H2,(H,19,21)(H2,18,20,22). The molecule has 1 aromatic carbocycles. The second-order valence-corrected chi connectivity index (χ2v) is 6.15. The van der Waals surface area contributed by atoms with Crippen LogP contribution in [-0.2, 0) is 4.79 Å². The maximum Gasteiger partial charge on any atom is 0.319 e. The smallest absolute Gasteiger partial charge is 0.319 e. The van der Waals surface area contributed by atoms with Crippen LogP contribution in [0.5, 0.6) is 0 Å². The molecule has 2 rings (SSSR count). The average Bonchev–Trinajstić information content (AvgIpc) is 3.01. The summed E-state index contributed by atoms with van der Waals surface area (Å²) in [7, 11) is 0. The van der Waals surface area contributed by atoms with E-state index in [1.165, 1.54) is 6.42 Å². The van der Waals surface area contributed by atoms with E-state index in [2.05, 4.69) is 37.2 Å². The first kappa shape index (κ1) is 16.8. The Hall–Kier alpha value is -1.60. The monoisotopic (exact) mass is 368 g/mol. The number of halogens is 1. The molecule has 1 aromatic rings. The fourth-order valence-corrected chi connectivity index (χ4v) is 2.52. The van der Waals surface area contributed by atoms with Crippen LogP contribution in [0.4, 0.5) is 10.5 Å². The van der Waals surface area contributed by atoms with Crippen molar-refractivity contribution in [2.45, 2.75) is 25.3 Å². The van der Waals surface area contributed by atoms with Gasteiger partial charge in [0.2, 0.25) is 5.91 Å². The zero-order chi connectivity index (χ0) is 15.8. The van der Waals surface area contributed by atoms with Gasteiger partial charge < -0.3 is 21.3 Å². The minimum atomic E-state index is -0.312. The lowest BCUT2D eigenvalue weighted by molar-refractivity contribution is -0.121. The van der Waals surface area contributed by atoms with Crippen molar-refractivity contribution in [3.05, 3.63) is 28.7 Å². The molecule has 0 radical (unpaired) electrons. The minimum Gasteiger partial charge on any atom is -0.354 e. The molecule has 4 N–H and O–H groups in total. The topological polar surface area (TPSA) is 82.3 Å². The molecule has 1 atom stereocenters. The Morgan fingerprint density at radius 2 is 2.00 bits per heavy atom. The van der Waals surface area contributed by atoms with Gasteiger partial charge in [-0.25, -0.2) is 4.79 Å². The predicted octanol–water partition coefficient (Wildman–Crippen LogP) is 1.83. The number of carbonyl (C=O) groups is 2. The van der Waals surface area contributed by atoms with E-state index in [-0.39, 0.29) is 18.4 Å². The number of rotatable bonds is 6. The van der Waals surface area contributed by atoms with Crippen molar-refractivity contribution in [3.8, 4) is 0 Å². The summed E-state index contributed by atoms with van der Waals surface area (Å²) < 4.78 is 0.951. The molecule has 1 unspecified atom stereocenters.